The van der Waals surface area contributed by atoms with Crippen LogP contribution in [0, 0.1) is 5.92 Å². The van der Waals surface area contributed by atoms with Crippen LogP contribution in [-0.2, 0) is 0 Å². The SMILES string of the molecule is CC1CCCCC1Nc1ccccc1N(C)C. The average Bonchev–Trinajstić information content (AvgIpc) is 2.32. The third-order valence-electron chi connectivity index (χ3n) is 3.84. The van der Waals surface area contributed by atoms with Crippen LogP contribution in [0.3, 0.4) is 0 Å². The number of para-hydroxylation sites is 2. The molecular formula is C15H24N2. The molecule has 0 saturated heterocycles. The Bertz CT molecular complexity index is 360. The first-order valence-corrected chi connectivity index (χ1v) is 6.71. The molecule has 1 aliphatic rings. The summed E-state index contributed by atoms with van der Waals surface area (Å²) in [4.78, 5) is 2.18. The number of hydrogen-bond acceptors (Lipinski definition) is 2. The molecule has 0 heterocycles. The third-order valence-corrected chi connectivity index (χ3v) is 3.84. The van der Waals surface area contributed by atoms with Gasteiger partial charge < -0.3 is 10.2 Å². The van der Waals surface area contributed by atoms with Gasteiger partial charge in [-0.15, -0.1) is 0 Å². The van der Waals surface area contributed by atoms with Crippen molar-refractivity contribution in [3.63, 3.8) is 0 Å². The fourth-order valence-electron chi connectivity index (χ4n) is 2.72. The monoisotopic (exact) mass is 232 g/mol. The normalized spacial score (nSPS) is 24.4. The first kappa shape index (κ1) is 12.3. The van der Waals surface area contributed by atoms with E-state index in [1.807, 2.05) is 0 Å². The van der Waals surface area contributed by atoms with Crippen LogP contribution in [-0.4, -0.2) is 20.1 Å². The molecule has 0 aliphatic heterocycles. The first-order chi connectivity index (χ1) is 8.18. The number of hydrogen-bond donors (Lipinski definition) is 1. The van der Waals surface area contributed by atoms with Crippen LogP contribution in [0.5, 0.6) is 0 Å². The van der Waals surface area contributed by atoms with E-state index in [4.69, 9.17) is 0 Å². The molecule has 0 spiro atoms. The Morgan fingerprint density at radius 3 is 2.53 bits per heavy atom. The minimum absolute atomic E-state index is 0.643. The largest absolute Gasteiger partial charge is 0.380 e. The van der Waals surface area contributed by atoms with Gasteiger partial charge in [0.1, 0.15) is 0 Å². The number of nitrogens with one attached hydrogen (secondary N) is 1. The zero-order chi connectivity index (χ0) is 12.3. The number of rotatable bonds is 3. The molecule has 2 heteroatoms. The molecule has 1 aromatic carbocycles. The highest BCUT2D eigenvalue weighted by molar-refractivity contribution is 5.69. The van der Waals surface area contributed by atoms with Gasteiger partial charge in [0.25, 0.3) is 0 Å². The predicted octanol–water partition coefficient (Wildman–Crippen LogP) is 3.74. The van der Waals surface area contributed by atoms with E-state index >= 15 is 0 Å². The van der Waals surface area contributed by atoms with Crippen molar-refractivity contribution in [1.29, 1.82) is 0 Å². The zero-order valence-electron chi connectivity index (χ0n) is 11.2. The van der Waals surface area contributed by atoms with Gasteiger partial charge in [-0.25, -0.2) is 0 Å². The molecule has 2 rings (SSSR count). The van der Waals surface area contributed by atoms with Gasteiger partial charge in [-0.1, -0.05) is 31.9 Å². The van der Waals surface area contributed by atoms with Crippen LogP contribution in [0.25, 0.3) is 0 Å². The molecule has 1 aromatic rings. The molecule has 1 fully saturated rings. The molecular weight excluding hydrogens is 208 g/mol. The van der Waals surface area contributed by atoms with Gasteiger partial charge >= 0.3 is 0 Å². The van der Waals surface area contributed by atoms with Crippen molar-refractivity contribution in [3.05, 3.63) is 24.3 Å². The lowest BCUT2D eigenvalue weighted by molar-refractivity contribution is 0.349. The molecule has 0 bridgehead atoms. The molecule has 2 atom stereocenters. The molecule has 1 N–H and O–H groups in total. The van der Waals surface area contributed by atoms with Crippen molar-refractivity contribution in [3.8, 4) is 0 Å². The van der Waals surface area contributed by atoms with Crippen molar-refractivity contribution in [2.24, 2.45) is 5.92 Å². The predicted molar refractivity (Wildman–Crippen MR) is 75.8 cm³/mol. The lowest BCUT2D eigenvalue weighted by Gasteiger charge is -2.31. The Labute approximate surface area is 105 Å². The number of benzene rings is 1. The van der Waals surface area contributed by atoms with E-state index in [9.17, 15) is 0 Å². The van der Waals surface area contributed by atoms with Crippen LogP contribution in [0.4, 0.5) is 11.4 Å². The summed E-state index contributed by atoms with van der Waals surface area (Å²) < 4.78 is 0. The summed E-state index contributed by atoms with van der Waals surface area (Å²) >= 11 is 0. The van der Waals surface area contributed by atoms with E-state index < -0.39 is 0 Å². The van der Waals surface area contributed by atoms with Gasteiger partial charge in [-0.2, -0.15) is 0 Å². The van der Waals surface area contributed by atoms with E-state index in [1.54, 1.807) is 0 Å². The summed E-state index contributed by atoms with van der Waals surface area (Å²) in [6.45, 7) is 2.37. The van der Waals surface area contributed by atoms with Crippen LogP contribution in [0.2, 0.25) is 0 Å². The second-order valence-corrected chi connectivity index (χ2v) is 5.42. The first-order valence-electron chi connectivity index (χ1n) is 6.71. The summed E-state index contributed by atoms with van der Waals surface area (Å²) in [7, 11) is 4.20. The van der Waals surface area contributed by atoms with Crippen LogP contribution < -0.4 is 10.2 Å². The Hall–Kier alpha value is -1.18. The molecule has 2 unspecified atom stereocenters. The fraction of sp³-hybridized carbons (Fsp3) is 0.600. The summed E-state index contributed by atoms with van der Waals surface area (Å²) in [5, 5.41) is 3.74. The fourth-order valence-corrected chi connectivity index (χ4v) is 2.72. The van der Waals surface area contributed by atoms with E-state index in [1.165, 1.54) is 37.1 Å². The molecule has 0 radical (unpaired) electrons. The lowest BCUT2D eigenvalue weighted by atomic mass is 9.86. The van der Waals surface area contributed by atoms with E-state index in [0.717, 1.165) is 5.92 Å². The summed E-state index contributed by atoms with van der Waals surface area (Å²) in [5.41, 5.74) is 2.56. The van der Waals surface area contributed by atoms with E-state index in [-0.39, 0.29) is 0 Å². The number of anilines is 2. The number of nitrogens with zero attached hydrogens (tertiary/aromatic N) is 1. The van der Waals surface area contributed by atoms with Crippen LogP contribution in [0.1, 0.15) is 32.6 Å². The zero-order valence-corrected chi connectivity index (χ0v) is 11.2. The highest BCUT2D eigenvalue weighted by Gasteiger charge is 2.21. The summed E-state index contributed by atoms with van der Waals surface area (Å²) in [6, 6.07) is 9.23. The van der Waals surface area contributed by atoms with Crippen molar-refractivity contribution in [2.75, 3.05) is 24.3 Å². The maximum atomic E-state index is 3.74. The highest BCUT2D eigenvalue weighted by atomic mass is 15.1. The molecule has 94 valence electrons. The van der Waals surface area contributed by atoms with Crippen LogP contribution in [0.15, 0.2) is 24.3 Å². The Morgan fingerprint density at radius 2 is 1.82 bits per heavy atom. The van der Waals surface area contributed by atoms with Crippen molar-refractivity contribution >= 4 is 11.4 Å². The van der Waals surface area contributed by atoms with Crippen LogP contribution >= 0.6 is 0 Å². The Morgan fingerprint density at radius 1 is 1.12 bits per heavy atom. The molecule has 17 heavy (non-hydrogen) atoms. The van der Waals surface area contributed by atoms with Gasteiger partial charge in [0.2, 0.25) is 0 Å². The minimum Gasteiger partial charge on any atom is -0.380 e. The van der Waals surface area contributed by atoms with Gasteiger partial charge in [-0.05, 0) is 30.9 Å². The molecule has 1 aliphatic carbocycles. The maximum absolute atomic E-state index is 3.74. The van der Waals surface area contributed by atoms with Gasteiger partial charge in [0.05, 0.1) is 11.4 Å². The second-order valence-electron chi connectivity index (χ2n) is 5.42. The van der Waals surface area contributed by atoms with Crippen molar-refractivity contribution < 1.29 is 0 Å². The standard InChI is InChI=1S/C15H24N2/c1-12-8-4-5-9-13(12)16-14-10-6-7-11-15(14)17(2)3/h6-7,10-13,16H,4-5,8-9H2,1-3H3. The maximum Gasteiger partial charge on any atom is 0.0596 e. The molecule has 0 aromatic heterocycles. The molecule has 2 nitrogen and oxygen atoms in total. The minimum atomic E-state index is 0.643. The lowest BCUT2D eigenvalue weighted by Crippen LogP contribution is -2.30. The van der Waals surface area contributed by atoms with Crippen molar-refractivity contribution in [1.82, 2.24) is 0 Å². The van der Waals surface area contributed by atoms with E-state index in [0.29, 0.717) is 6.04 Å². The Kier molecular flexibility index (Phi) is 3.93. The summed E-state index contributed by atoms with van der Waals surface area (Å²) in [6.07, 6.45) is 5.44. The summed E-state index contributed by atoms with van der Waals surface area (Å²) in [5.74, 6) is 0.791. The molecule has 1 saturated carbocycles. The smallest absolute Gasteiger partial charge is 0.0596 e. The Balaban J connectivity index is 2.12. The quantitative estimate of drug-likeness (QED) is 0.854. The highest BCUT2D eigenvalue weighted by Crippen LogP contribution is 2.30. The second kappa shape index (κ2) is 5.44. The molecule has 0 amide bonds. The van der Waals surface area contributed by atoms with Gasteiger partial charge in [0.15, 0.2) is 0 Å². The average molecular weight is 232 g/mol. The van der Waals surface area contributed by atoms with E-state index in [2.05, 4.69) is 55.5 Å². The topological polar surface area (TPSA) is 15.3 Å². The van der Waals surface area contributed by atoms with Gasteiger partial charge in [0, 0.05) is 20.1 Å². The third kappa shape index (κ3) is 2.93. The van der Waals surface area contributed by atoms with Crippen molar-refractivity contribution in [2.45, 2.75) is 38.6 Å². The van der Waals surface area contributed by atoms with Gasteiger partial charge in [-0.3, -0.25) is 0 Å².